The Labute approximate surface area is 107 Å². The van der Waals surface area contributed by atoms with Crippen molar-refractivity contribution in [2.75, 3.05) is 13.1 Å². The molecule has 17 heavy (non-hydrogen) atoms. The van der Waals surface area contributed by atoms with Crippen LogP contribution in [0.2, 0.25) is 0 Å². The van der Waals surface area contributed by atoms with Crippen molar-refractivity contribution in [1.29, 1.82) is 0 Å². The average Bonchev–Trinajstić information content (AvgIpc) is 2.13. The summed E-state index contributed by atoms with van der Waals surface area (Å²) in [5, 5.41) is 0. The molecule has 3 atom stereocenters. The number of halogens is 1. The zero-order valence-corrected chi connectivity index (χ0v) is 10.9. The molecule has 0 aromatic rings. The van der Waals surface area contributed by atoms with Gasteiger partial charge in [-0.15, -0.1) is 12.4 Å². The van der Waals surface area contributed by atoms with Crippen molar-refractivity contribution in [1.82, 2.24) is 4.90 Å². The Bertz CT molecular complexity index is 278. The van der Waals surface area contributed by atoms with E-state index in [0.717, 1.165) is 0 Å². The second-order valence-electron chi connectivity index (χ2n) is 4.28. The van der Waals surface area contributed by atoms with Gasteiger partial charge in [0.1, 0.15) is 0 Å². The number of nitrogens with two attached hydrogens (primary N) is 2. The minimum absolute atomic E-state index is 0. The van der Waals surface area contributed by atoms with E-state index in [1.807, 2.05) is 13.8 Å². The number of amides is 2. The normalized spacial score (nSPS) is 25.9. The zero-order chi connectivity index (χ0) is 12.3. The monoisotopic (exact) mass is 265 g/mol. The fourth-order valence-corrected chi connectivity index (χ4v) is 1.90. The number of carbonyl (C=O) groups excluding carboxylic acids is 2. The first-order valence-corrected chi connectivity index (χ1v) is 5.38. The van der Waals surface area contributed by atoms with Gasteiger partial charge >= 0.3 is 0 Å². The number of primary amides is 1. The fraction of sp³-hybridized carbons (Fsp3) is 0.800. The lowest BCUT2D eigenvalue weighted by atomic mass is 10.1. The van der Waals surface area contributed by atoms with Crippen molar-refractivity contribution in [3.05, 3.63) is 0 Å². The molecule has 0 aliphatic carbocycles. The first-order valence-electron chi connectivity index (χ1n) is 5.38. The molecule has 0 aromatic heterocycles. The Balaban J connectivity index is 0.00000256. The molecule has 0 saturated carbocycles. The Morgan fingerprint density at radius 1 is 1.35 bits per heavy atom. The Morgan fingerprint density at radius 2 is 1.82 bits per heavy atom. The van der Waals surface area contributed by atoms with Crippen LogP contribution < -0.4 is 11.5 Å². The number of ether oxygens (including phenoxy) is 1. The van der Waals surface area contributed by atoms with E-state index in [1.54, 1.807) is 4.90 Å². The van der Waals surface area contributed by atoms with Crippen molar-refractivity contribution < 1.29 is 14.3 Å². The quantitative estimate of drug-likeness (QED) is 0.701. The molecule has 6 nitrogen and oxygen atoms in total. The van der Waals surface area contributed by atoms with E-state index in [-0.39, 0.29) is 36.9 Å². The lowest BCUT2D eigenvalue weighted by Gasteiger charge is -2.36. The van der Waals surface area contributed by atoms with Crippen LogP contribution in [0, 0.1) is 0 Å². The minimum atomic E-state index is -0.838. The van der Waals surface area contributed by atoms with E-state index in [1.165, 1.54) is 0 Å². The van der Waals surface area contributed by atoms with Gasteiger partial charge in [0, 0.05) is 13.1 Å². The second kappa shape index (κ2) is 6.78. The van der Waals surface area contributed by atoms with Crippen LogP contribution in [0.4, 0.5) is 0 Å². The summed E-state index contributed by atoms with van der Waals surface area (Å²) < 4.78 is 5.50. The highest BCUT2D eigenvalue weighted by Crippen LogP contribution is 2.11. The zero-order valence-electron chi connectivity index (χ0n) is 10.1. The molecule has 100 valence electrons. The Kier molecular flexibility index (Phi) is 6.44. The SMILES string of the molecule is C[C@@H]1CN(C(=O)C(N)CC(N)=O)C[C@H](C)O1.Cl. The lowest BCUT2D eigenvalue weighted by Crippen LogP contribution is -2.53. The third kappa shape index (κ3) is 4.89. The highest BCUT2D eigenvalue weighted by molar-refractivity contribution is 5.87. The molecule has 1 aliphatic rings. The van der Waals surface area contributed by atoms with E-state index in [9.17, 15) is 9.59 Å². The summed E-state index contributed by atoms with van der Waals surface area (Å²) in [5.41, 5.74) is 10.6. The summed E-state index contributed by atoms with van der Waals surface area (Å²) in [6, 6.07) is -0.838. The van der Waals surface area contributed by atoms with Crippen LogP contribution in [-0.2, 0) is 14.3 Å². The standard InChI is InChI=1S/C10H19N3O3.ClH/c1-6-4-13(5-7(2)16-6)10(15)8(11)3-9(12)14;/h6-8H,3-5,11H2,1-2H3,(H2,12,14);1H/t6-,7+,8?;. The number of morpholine rings is 1. The summed E-state index contributed by atoms with van der Waals surface area (Å²) in [5.74, 6) is -0.795. The minimum Gasteiger partial charge on any atom is -0.372 e. The first-order chi connectivity index (χ1) is 7.40. The van der Waals surface area contributed by atoms with E-state index in [4.69, 9.17) is 16.2 Å². The maximum atomic E-state index is 11.9. The summed E-state index contributed by atoms with van der Waals surface area (Å²) in [6.45, 7) is 4.82. The number of hydrogen-bond acceptors (Lipinski definition) is 4. The van der Waals surface area contributed by atoms with Crippen LogP contribution in [0.25, 0.3) is 0 Å². The van der Waals surface area contributed by atoms with Crippen LogP contribution in [0.3, 0.4) is 0 Å². The fourth-order valence-electron chi connectivity index (χ4n) is 1.90. The number of carbonyl (C=O) groups is 2. The molecule has 0 radical (unpaired) electrons. The molecule has 1 heterocycles. The van der Waals surface area contributed by atoms with Crippen molar-refractivity contribution in [2.24, 2.45) is 11.5 Å². The van der Waals surface area contributed by atoms with Gasteiger partial charge in [0.25, 0.3) is 0 Å². The van der Waals surface area contributed by atoms with Gasteiger partial charge in [-0.25, -0.2) is 0 Å². The number of rotatable bonds is 3. The predicted molar refractivity (Wildman–Crippen MR) is 65.6 cm³/mol. The maximum Gasteiger partial charge on any atom is 0.240 e. The lowest BCUT2D eigenvalue weighted by molar-refractivity contribution is -0.145. The van der Waals surface area contributed by atoms with Crippen LogP contribution in [0.15, 0.2) is 0 Å². The van der Waals surface area contributed by atoms with Crippen molar-refractivity contribution in [3.63, 3.8) is 0 Å². The van der Waals surface area contributed by atoms with Crippen LogP contribution in [0.5, 0.6) is 0 Å². The van der Waals surface area contributed by atoms with Gasteiger partial charge in [0.15, 0.2) is 0 Å². The molecule has 0 bridgehead atoms. The first kappa shape index (κ1) is 16.1. The number of nitrogens with zero attached hydrogens (tertiary/aromatic N) is 1. The molecule has 1 fully saturated rings. The van der Waals surface area contributed by atoms with Crippen LogP contribution >= 0.6 is 12.4 Å². The molecule has 1 rings (SSSR count). The molecule has 1 unspecified atom stereocenters. The molecule has 4 N–H and O–H groups in total. The summed E-state index contributed by atoms with van der Waals surface area (Å²) in [4.78, 5) is 24.2. The van der Waals surface area contributed by atoms with Crippen molar-refractivity contribution in [2.45, 2.75) is 38.5 Å². The predicted octanol–water partition coefficient (Wildman–Crippen LogP) is -0.753. The topological polar surface area (TPSA) is 98.6 Å². The third-order valence-electron chi connectivity index (χ3n) is 2.47. The Hall–Kier alpha value is -0.850. The number of hydrogen-bond donors (Lipinski definition) is 2. The highest BCUT2D eigenvalue weighted by Gasteiger charge is 2.29. The van der Waals surface area contributed by atoms with Gasteiger partial charge in [-0.2, -0.15) is 0 Å². The smallest absolute Gasteiger partial charge is 0.240 e. The third-order valence-corrected chi connectivity index (χ3v) is 2.47. The van der Waals surface area contributed by atoms with Gasteiger partial charge in [-0.05, 0) is 13.8 Å². The van der Waals surface area contributed by atoms with Gasteiger partial charge in [0.05, 0.1) is 24.7 Å². The van der Waals surface area contributed by atoms with Crippen LogP contribution in [-0.4, -0.2) is 48.1 Å². The largest absolute Gasteiger partial charge is 0.372 e. The van der Waals surface area contributed by atoms with Gasteiger partial charge in [-0.1, -0.05) is 0 Å². The van der Waals surface area contributed by atoms with E-state index >= 15 is 0 Å². The highest BCUT2D eigenvalue weighted by atomic mass is 35.5. The van der Waals surface area contributed by atoms with Gasteiger partial charge in [0.2, 0.25) is 11.8 Å². The molecular formula is C10H20ClN3O3. The summed E-state index contributed by atoms with van der Waals surface area (Å²) in [7, 11) is 0. The molecule has 7 heteroatoms. The molecule has 1 aliphatic heterocycles. The molecular weight excluding hydrogens is 246 g/mol. The summed E-state index contributed by atoms with van der Waals surface area (Å²) in [6.07, 6.45) is -0.124. The van der Waals surface area contributed by atoms with E-state index in [2.05, 4.69) is 0 Å². The molecule has 0 aromatic carbocycles. The molecule has 2 amide bonds. The second-order valence-corrected chi connectivity index (χ2v) is 4.28. The Morgan fingerprint density at radius 3 is 2.24 bits per heavy atom. The van der Waals surface area contributed by atoms with Crippen molar-refractivity contribution >= 4 is 24.2 Å². The van der Waals surface area contributed by atoms with Crippen molar-refractivity contribution in [3.8, 4) is 0 Å². The van der Waals surface area contributed by atoms with Gasteiger partial charge < -0.3 is 21.1 Å². The molecule has 1 saturated heterocycles. The van der Waals surface area contributed by atoms with E-state index in [0.29, 0.717) is 13.1 Å². The summed E-state index contributed by atoms with van der Waals surface area (Å²) >= 11 is 0. The molecule has 0 spiro atoms. The van der Waals surface area contributed by atoms with E-state index < -0.39 is 11.9 Å². The maximum absolute atomic E-state index is 11.9. The van der Waals surface area contributed by atoms with Crippen LogP contribution in [0.1, 0.15) is 20.3 Å². The average molecular weight is 266 g/mol. The van der Waals surface area contributed by atoms with Gasteiger partial charge in [-0.3, -0.25) is 9.59 Å².